The zero-order valence-electron chi connectivity index (χ0n) is 13.2. The largest absolute Gasteiger partial charge is 0.481 e. The molecule has 1 saturated heterocycles. The van der Waals surface area contributed by atoms with E-state index in [0.29, 0.717) is 25.4 Å². The van der Waals surface area contributed by atoms with Crippen molar-refractivity contribution in [1.29, 1.82) is 0 Å². The van der Waals surface area contributed by atoms with Crippen molar-refractivity contribution in [3.05, 3.63) is 48.6 Å². The number of hydrogen-bond acceptors (Lipinski definition) is 2. The summed E-state index contributed by atoms with van der Waals surface area (Å²) in [6, 6.07) is 9.85. The van der Waals surface area contributed by atoms with E-state index in [1.807, 2.05) is 30.3 Å². The van der Waals surface area contributed by atoms with Gasteiger partial charge in [0.2, 0.25) is 5.91 Å². The number of carboxylic acid groups (broad SMARTS) is 1. The number of carbonyl (C=O) groups excluding carboxylic acids is 1. The van der Waals surface area contributed by atoms with Crippen LogP contribution in [0.5, 0.6) is 0 Å². The Morgan fingerprint density at radius 1 is 1.26 bits per heavy atom. The quantitative estimate of drug-likeness (QED) is 0.822. The molecule has 4 nitrogen and oxygen atoms in total. The van der Waals surface area contributed by atoms with Gasteiger partial charge in [-0.05, 0) is 30.2 Å². The van der Waals surface area contributed by atoms with E-state index in [2.05, 4.69) is 6.58 Å². The average molecular weight is 313 g/mol. The summed E-state index contributed by atoms with van der Waals surface area (Å²) in [5, 5.41) is 9.41. The maximum absolute atomic E-state index is 12.6. The van der Waals surface area contributed by atoms with Gasteiger partial charge in [0, 0.05) is 25.4 Å². The van der Waals surface area contributed by atoms with E-state index >= 15 is 0 Å². The highest BCUT2D eigenvalue weighted by Crippen LogP contribution is 2.44. The second-order valence-electron chi connectivity index (χ2n) is 6.70. The van der Waals surface area contributed by atoms with Gasteiger partial charge in [-0.2, -0.15) is 0 Å². The van der Waals surface area contributed by atoms with E-state index in [4.69, 9.17) is 0 Å². The molecule has 1 N–H and O–H groups in total. The van der Waals surface area contributed by atoms with Crippen molar-refractivity contribution < 1.29 is 14.7 Å². The first kappa shape index (κ1) is 15.8. The van der Waals surface area contributed by atoms with Crippen LogP contribution in [-0.4, -0.2) is 35.0 Å². The van der Waals surface area contributed by atoms with Gasteiger partial charge >= 0.3 is 5.97 Å². The topological polar surface area (TPSA) is 57.6 Å². The van der Waals surface area contributed by atoms with Gasteiger partial charge in [-0.15, -0.1) is 6.58 Å². The van der Waals surface area contributed by atoms with Gasteiger partial charge in [0.15, 0.2) is 0 Å². The van der Waals surface area contributed by atoms with Crippen molar-refractivity contribution in [2.24, 2.45) is 17.8 Å². The molecule has 1 amide bonds. The van der Waals surface area contributed by atoms with Crippen molar-refractivity contribution in [3.63, 3.8) is 0 Å². The Morgan fingerprint density at radius 3 is 2.52 bits per heavy atom. The average Bonchev–Trinajstić information content (AvgIpc) is 3.31. The highest BCUT2D eigenvalue weighted by atomic mass is 16.4. The van der Waals surface area contributed by atoms with E-state index < -0.39 is 11.9 Å². The maximum Gasteiger partial charge on any atom is 0.308 e. The minimum Gasteiger partial charge on any atom is -0.481 e. The number of nitrogens with zero attached hydrogens (tertiary/aromatic N) is 1. The van der Waals surface area contributed by atoms with E-state index in [1.54, 1.807) is 11.0 Å². The lowest BCUT2D eigenvalue weighted by atomic mass is 9.92. The van der Waals surface area contributed by atoms with Crippen LogP contribution in [0.4, 0.5) is 0 Å². The van der Waals surface area contributed by atoms with Crippen LogP contribution in [0, 0.1) is 17.8 Å². The zero-order chi connectivity index (χ0) is 16.4. The highest BCUT2D eigenvalue weighted by molar-refractivity contribution is 5.80. The Bertz CT molecular complexity index is 594. The van der Waals surface area contributed by atoms with Gasteiger partial charge in [0.25, 0.3) is 0 Å². The summed E-state index contributed by atoms with van der Waals surface area (Å²) in [5.41, 5.74) is 1.07. The standard InChI is InChI=1S/C19H23NO3/c1-2-13(14-6-4-3-5-7-14)10-18(21)20-11-16(15-8-9-15)17(12-20)19(22)23/h2-7,13,15-17H,1,8-12H2,(H,22,23)/t13?,16-,17+/m1/s1. The normalized spacial score (nSPS) is 25.1. The first-order chi connectivity index (χ1) is 11.1. The molecular formula is C19H23NO3. The van der Waals surface area contributed by atoms with Crippen LogP contribution in [0.15, 0.2) is 43.0 Å². The summed E-state index contributed by atoms with van der Waals surface area (Å²) >= 11 is 0. The summed E-state index contributed by atoms with van der Waals surface area (Å²) in [5.74, 6) is -0.514. The number of amides is 1. The third-order valence-electron chi connectivity index (χ3n) is 5.17. The number of rotatable bonds is 6. The number of carboxylic acids is 1. The first-order valence-corrected chi connectivity index (χ1v) is 8.28. The summed E-state index contributed by atoms with van der Waals surface area (Å²) in [4.78, 5) is 25.8. The van der Waals surface area contributed by atoms with Gasteiger partial charge in [0.1, 0.15) is 0 Å². The predicted molar refractivity (Wildman–Crippen MR) is 87.9 cm³/mol. The Hall–Kier alpha value is -2.10. The predicted octanol–water partition coefficient (Wildman–Crippen LogP) is 2.92. The number of hydrogen-bond donors (Lipinski definition) is 1. The maximum atomic E-state index is 12.6. The molecule has 4 heteroatoms. The molecule has 1 aliphatic heterocycles. The Morgan fingerprint density at radius 2 is 1.96 bits per heavy atom. The van der Waals surface area contributed by atoms with Crippen molar-refractivity contribution >= 4 is 11.9 Å². The van der Waals surface area contributed by atoms with Crippen molar-refractivity contribution in [3.8, 4) is 0 Å². The van der Waals surface area contributed by atoms with Crippen LogP contribution in [-0.2, 0) is 9.59 Å². The molecule has 1 aromatic rings. The number of aliphatic carboxylic acids is 1. The molecule has 23 heavy (non-hydrogen) atoms. The van der Waals surface area contributed by atoms with Crippen molar-refractivity contribution in [2.75, 3.05) is 13.1 Å². The van der Waals surface area contributed by atoms with E-state index in [0.717, 1.165) is 18.4 Å². The smallest absolute Gasteiger partial charge is 0.308 e. The molecule has 1 aromatic carbocycles. The lowest BCUT2D eigenvalue weighted by Gasteiger charge is -2.20. The molecule has 0 bridgehead atoms. The molecule has 2 aliphatic rings. The Kier molecular flexibility index (Phi) is 4.51. The molecule has 0 radical (unpaired) electrons. The molecule has 1 aliphatic carbocycles. The van der Waals surface area contributed by atoms with Crippen LogP contribution in [0.3, 0.4) is 0 Å². The number of allylic oxidation sites excluding steroid dienone is 1. The Balaban J connectivity index is 1.66. The van der Waals surface area contributed by atoms with Gasteiger partial charge in [-0.1, -0.05) is 36.4 Å². The molecule has 1 unspecified atom stereocenters. The highest BCUT2D eigenvalue weighted by Gasteiger charge is 2.46. The summed E-state index contributed by atoms with van der Waals surface area (Å²) in [7, 11) is 0. The monoisotopic (exact) mass is 313 g/mol. The van der Waals surface area contributed by atoms with Crippen LogP contribution < -0.4 is 0 Å². The molecule has 2 fully saturated rings. The third kappa shape index (κ3) is 3.46. The zero-order valence-corrected chi connectivity index (χ0v) is 13.2. The van der Waals surface area contributed by atoms with Crippen molar-refractivity contribution in [2.45, 2.75) is 25.2 Å². The molecule has 0 spiro atoms. The number of carbonyl (C=O) groups is 2. The molecule has 3 rings (SSSR count). The van der Waals surface area contributed by atoms with Gasteiger partial charge < -0.3 is 10.0 Å². The fourth-order valence-corrected chi connectivity index (χ4v) is 3.65. The fraction of sp³-hybridized carbons (Fsp3) is 0.474. The van der Waals surface area contributed by atoms with E-state index in [9.17, 15) is 14.7 Å². The van der Waals surface area contributed by atoms with Crippen LogP contribution >= 0.6 is 0 Å². The van der Waals surface area contributed by atoms with Crippen LogP contribution in [0.25, 0.3) is 0 Å². The minimum atomic E-state index is -0.763. The second kappa shape index (κ2) is 6.57. The first-order valence-electron chi connectivity index (χ1n) is 8.28. The van der Waals surface area contributed by atoms with E-state index in [-0.39, 0.29) is 17.7 Å². The fourth-order valence-electron chi connectivity index (χ4n) is 3.65. The van der Waals surface area contributed by atoms with Crippen LogP contribution in [0.1, 0.15) is 30.7 Å². The third-order valence-corrected chi connectivity index (χ3v) is 5.17. The van der Waals surface area contributed by atoms with Gasteiger partial charge in [0.05, 0.1) is 5.92 Å². The number of likely N-dealkylation sites (tertiary alicyclic amines) is 1. The molecule has 1 heterocycles. The second-order valence-corrected chi connectivity index (χ2v) is 6.70. The lowest BCUT2D eigenvalue weighted by molar-refractivity contribution is -0.142. The Labute approximate surface area is 136 Å². The van der Waals surface area contributed by atoms with Gasteiger partial charge in [-0.3, -0.25) is 9.59 Å². The molecular weight excluding hydrogens is 290 g/mol. The van der Waals surface area contributed by atoms with Crippen molar-refractivity contribution in [1.82, 2.24) is 4.90 Å². The molecule has 3 atom stereocenters. The SMILES string of the molecule is C=CC(CC(=O)N1C[C@H](C(=O)O)[C@@H](C2CC2)C1)c1ccccc1. The van der Waals surface area contributed by atoms with Crippen LogP contribution in [0.2, 0.25) is 0 Å². The van der Waals surface area contributed by atoms with Gasteiger partial charge in [-0.25, -0.2) is 0 Å². The minimum absolute atomic E-state index is 0.0213. The number of benzene rings is 1. The summed E-state index contributed by atoms with van der Waals surface area (Å²) in [6.45, 7) is 4.80. The summed E-state index contributed by atoms with van der Waals surface area (Å²) < 4.78 is 0. The molecule has 122 valence electrons. The molecule has 0 aromatic heterocycles. The summed E-state index contributed by atoms with van der Waals surface area (Å²) in [6.07, 6.45) is 4.37. The van der Waals surface area contributed by atoms with E-state index in [1.165, 1.54) is 0 Å². The lowest BCUT2D eigenvalue weighted by Crippen LogP contribution is -2.30. The molecule has 1 saturated carbocycles.